The van der Waals surface area contributed by atoms with E-state index in [4.69, 9.17) is 0 Å². The number of amides is 1. The number of carbonyl (C=O) groups is 1. The third kappa shape index (κ3) is 3.31. The zero-order valence-corrected chi connectivity index (χ0v) is 13.2. The van der Waals surface area contributed by atoms with Gasteiger partial charge in [0.1, 0.15) is 17.8 Å². The van der Waals surface area contributed by atoms with E-state index in [-0.39, 0.29) is 11.8 Å². The average molecular weight is 309 g/mol. The number of aryl methyl sites for hydroxylation is 1. The normalized spacial score (nSPS) is 12.1. The number of nitrogens with one attached hydrogen (secondary N) is 2. The van der Waals surface area contributed by atoms with Crippen LogP contribution in [0.4, 0.5) is 0 Å². The van der Waals surface area contributed by atoms with Gasteiger partial charge in [0.25, 0.3) is 5.91 Å². The van der Waals surface area contributed by atoms with Gasteiger partial charge in [-0.05, 0) is 17.7 Å². The van der Waals surface area contributed by atoms with Crippen molar-refractivity contribution < 1.29 is 4.79 Å². The third-order valence-corrected chi connectivity index (χ3v) is 3.77. The van der Waals surface area contributed by atoms with Crippen molar-refractivity contribution in [1.82, 2.24) is 25.1 Å². The summed E-state index contributed by atoms with van der Waals surface area (Å²) in [5, 5.41) is 10.9. The number of carbonyl (C=O) groups excluding carboxylic acids is 1. The summed E-state index contributed by atoms with van der Waals surface area (Å²) >= 11 is 0. The van der Waals surface area contributed by atoms with Crippen molar-refractivity contribution in [2.45, 2.75) is 12.8 Å². The van der Waals surface area contributed by atoms with Gasteiger partial charge < -0.3 is 14.9 Å². The molecule has 118 valence electrons. The van der Waals surface area contributed by atoms with E-state index in [9.17, 15) is 4.79 Å². The van der Waals surface area contributed by atoms with E-state index in [0.717, 1.165) is 17.1 Å². The Morgan fingerprint density at radius 2 is 2.04 bits per heavy atom. The second-order valence-electron chi connectivity index (χ2n) is 5.56. The first-order valence-electron chi connectivity index (χ1n) is 7.51. The molecule has 0 fully saturated rings. The summed E-state index contributed by atoms with van der Waals surface area (Å²) in [6, 6.07) is 13.6. The summed E-state index contributed by atoms with van der Waals surface area (Å²) in [6.07, 6.45) is 1.66. The summed E-state index contributed by atoms with van der Waals surface area (Å²) in [6.45, 7) is 2.51. The first-order chi connectivity index (χ1) is 11.1. The summed E-state index contributed by atoms with van der Waals surface area (Å²) in [4.78, 5) is 15.4. The van der Waals surface area contributed by atoms with Crippen LogP contribution in [0.5, 0.6) is 0 Å². The Kier molecular flexibility index (Phi) is 4.23. The van der Waals surface area contributed by atoms with Crippen LogP contribution in [0, 0.1) is 0 Å². The molecule has 0 aliphatic carbocycles. The molecule has 6 nitrogen and oxygen atoms in total. The number of hydrogen-bond acceptors (Lipinski definition) is 3. The SMILES string of the molecule is CC(CNC(=O)c1ccc(-c2ccccc2)[nH]1)c1nncn1C. The highest BCUT2D eigenvalue weighted by atomic mass is 16.1. The Morgan fingerprint density at radius 1 is 1.26 bits per heavy atom. The predicted molar refractivity (Wildman–Crippen MR) is 88.0 cm³/mol. The molecule has 6 heteroatoms. The van der Waals surface area contributed by atoms with Crippen molar-refractivity contribution in [2.75, 3.05) is 6.54 Å². The summed E-state index contributed by atoms with van der Waals surface area (Å²) < 4.78 is 1.86. The Morgan fingerprint density at radius 3 is 2.74 bits per heavy atom. The third-order valence-electron chi connectivity index (χ3n) is 3.77. The molecule has 2 N–H and O–H groups in total. The molecule has 1 amide bonds. The Labute approximate surface area is 134 Å². The van der Waals surface area contributed by atoms with Crippen LogP contribution in [-0.4, -0.2) is 32.2 Å². The summed E-state index contributed by atoms with van der Waals surface area (Å²) in [5.41, 5.74) is 2.53. The lowest BCUT2D eigenvalue weighted by molar-refractivity contribution is 0.0947. The summed E-state index contributed by atoms with van der Waals surface area (Å²) in [7, 11) is 1.89. The topological polar surface area (TPSA) is 75.6 Å². The second-order valence-corrected chi connectivity index (χ2v) is 5.56. The van der Waals surface area contributed by atoms with Crippen LogP contribution >= 0.6 is 0 Å². The molecular weight excluding hydrogens is 290 g/mol. The van der Waals surface area contributed by atoms with Gasteiger partial charge in [-0.3, -0.25) is 4.79 Å². The molecule has 1 aromatic carbocycles. The maximum Gasteiger partial charge on any atom is 0.267 e. The molecule has 0 saturated heterocycles. The van der Waals surface area contributed by atoms with E-state index in [2.05, 4.69) is 20.5 Å². The average Bonchev–Trinajstić information content (AvgIpc) is 3.22. The van der Waals surface area contributed by atoms with E-state index >= 15 is 0 Å². The van der Waals surface area contributed by atoms with Crippen molar-refractivity contribution in [3.8, 4) is 11.3 Å². The quantitative estimate of drug-likeness (QED) is 0.759. The van der Waals surface area contributed by atoms with E-state index in [1.54, 1.807) is 12.4 Å². The van der Waals surface area contributed by atoms with Crippen LogP contribution < -0.4 is 5.32 Å². The fraction of sp³-hybridized carbons (Fsp3) is 0.235. The molecule has 3 aromatic rings. The molecule has 23 heavy (non-hydrogen) atoms. The predicted octanol–water partition coefficient (Wildman–Crippen LogP) is 2.34. The lowest BCUT2D eigenvalue weighted by Crippen LogP contribution is -2.28. The molecule has 2 heterocycles. The summed E-state index contributed by atoms with van der Waals surface area (Å²) in [5.74, 6) is 0.818. The second kappa shape index (κ2) is 6.48. The van der Waals surface area contributed by atoms with Crippen LogP contribution in [0.15, 0.2) is 48.8 Å². The number of aromatic amines is 1. The smallest absolute Gasteiger partial charge is 0.267 e. The van der Waals surface area contributed by atoms with Gasteiger partial charge in [0.15, 0.2) is 0 Å². The minimum atomic E-state index is -0.124. The molecule has 1 unspecified atom stereocenters. The van der Waals surface area contributed by atoms with Crippen molar-refractivity contribution in [2.24, 2.45) is 7.05 Å². The minimum Gasteiger partial charge on any atom is -0.351 e. The number of hydrogen-bond donors (Lipinski definition) is 2. The van der Waals surface area contributed by atoms with E-state index in [1.807, 2.05) is 54.9 Å². The lowest BCUT2D eigenvalue weighted by Gasteiger charge is -2.11. The number of nitrogens with zero attached hydrogens (tertiary/aromatic N) is 3. The Bertz CT molecular complexity index is 790. The monoisotopic (exact) mass is 309 g/mol. The van der Waals surface area contributed by atoms with Crippen LogP contribution in [0.3, 0.4) is 0 Å². The van der Waals surface area contributed by atoms with E-state index in [0.29, 0.717) is 12.2 Å². The van der Waals surface area contributed by atoms with Gasteiger partial charge in [0.05, 0.1) is 0 Å². The van der Waals surface area contributed by atoms with Crippen molar-refractivity contribution >= 4 is 5.91 Å². The Balaban J connectivity index is 1.63. The van der Waals surface area contributed by atoms with E-state index in [1.165, 1.54) is 0 Å². The first-order valence-corrected chi connectivity index (χ1v) is 7.51. The molecule has 0 bridgehead atoms. The molecule has 0 aliphatic heterocycles. The molecule has 2 aromatic heterocycles. The Hall–Kier alpha value is -2.89. The highest BCUT2D eigenvalue weighted by Gasteiger charge is 2.14. The van der Waals surface area contributed by atoms with Crippen LogP contribution in [0.1, 0.15) is 29.2 Å². The van der Waals surface area contributed by atoms with Gasteiger partial charge in [-0.1, -0.05) is 37.3 Å². The van der Waals surface area contributed by atoms with Gasteiger partial charge in [-0.15, -0.1) is 10.2 Å². The fourth-order valence-corrected chi connectivity index (χ4v) is 2.48. The van der Waals surface area contributed by atoms with Crippen molar-refractivity contribution in [1.29, 1.82) is 0 Å². The molecule has 0 aliphatic rings. The van der Waals surface area contributed by atoms with Crippen LogP contribution in [0.25, 0.3) is 11.3 Å². The molecule has 1 atom stereocenters. The van der Waals surface area contributed by atoms with E-state index < -0.39 is 0 Å². The molecule has 3 rings (SSSR count). The zero-order chi connectivity index (χ0) is 16.2. The van der Waals surface area contributed by atoms with Crippen LogP contribution in [-0.2, 0) is 7.05 Å². The molecule has 0 radical (unpaired) electrons. The lowest BCUT2D eigenvalue weighted by atomic mass is 10.1. The first kappa shape index (κ1) is 15.0. The molecule has 0 spiro atoms. The minimum absolute atomic E-state index is 0.0926. The molecule has 0 saturated carbocycles. The van der Waals surface area contributed by atoms with Crippen molar-refractivity contribution in [3.63, 3.8) is 0 Å². The number of H-pyrrole nitrogens is 1. The number of rotatable bonds is 5. The molecular formula is C17H19N5O. The zero-order valence-electron chi connectivity index (χ0n) is 13.2. The maximum absolute atomic E-state index is 12.3. The largest absolute Gasteiger partial charge is 0.351 e. The fourth-order valence-electron chi connectivity index (χ4n) is 2.48. The van der Waals surface area contributed by atoms with Gasteiger partial charge >= 0.3 is 0 Å². The van der Waals surface area contributed by atoms with Crippen LogP contribution in [0.2, 0.25) is 0 Å². The van der Waals surface area contributed by atoms with Gasteiger partial charge in [0.2, 0.25) is 0 Å². The highest BCUT2D eigenvalue weighted by Crippen LogP contribution is 2.18. The van der Waals surface area contributed by atoms with Gasteiger partial charge in [0, 0.05) is 25.2 Å². The van der Waals surface area contributed by atoms with Gasteiger partial charge in [-0.2, -0.15) is 0 Å². The van der Waals surface area contributed by atoms with Crippen molar-refractivity contribution in [3.05, 3.63) is 60.3 Å². The number of aromatic nitrogens is 4. The maximum atomic E-state index is 12.3. The standard InChI is InChI=1S/C17H19N5O/c1-12(16-21-19-11-22(16)2)10-18-17(23)15-9-8-14(20-15)13-6-4-3-5-7-13/h3-9,11-12,20H,10H2,1-2H3,(H,18,23). The highest BCUT2D eigenvalue weighted by molar-refractivity contribution is 5.93. The van der Waals surface area contributed by atoms with Gasteiger partial charge in [-0.25, -0.2) is 0 Å². The number of benzene rings is 1.